The summed E-state index contributed by atoms with van der Waals surface area (Å²) in [6, 6.07) is 6.41. The number of H-pyrrole nitrogens is 1. The zero-order valence-electron chi connectivity index (χ0n) is 18.9. The average Bonchev–Trinajstić information content (AvgIpc) is 3.28. The first kappa shape index (κ1) is 21.4. The van der Waals surface area contributed by atoms with Gasteiger partial charge in [0.05, 0.1) is 0 Å². The van der Waals surface area contributed by atoms with E-state index in [0.29, 0.717) is 0 Å². The first-order chi connectivity index (χ1) is 15.3. The Kier molecular flexibility index (Phi) is 7.22. The molecular formula is C24H35N7. The molecule has 0 saturated carbocycles. The third-order valence-electron chi connectivity index (χ3n) is 6.04. The Morgan fingerprint density at radius 1 is 1.16 bits per heavy atom. The highest BCUT2D eigenvalue weighted by Gasteiger charge is 2.14. The number of hydrogen-bond acceptors (Lipinski definition) is 3. The van der Waals surface area contributed by atoms with Gasteiger partial charge in [0.25, 0.3) is 0 Å². The van der Waals surface area contributed by atoms with E-state index in [0.717, 1.165) is 63.6 Å². The lowest BCUT2D eigenvalue weighted by molar-refractivity contribution is 0.597. The number of aryl methyl sites for hydroxylation is 3. The van der Waals surface area contributed by atoms with Gasteiger partial charge < -0.3 is 20.2 Å². The molecular weight excluding hydrogens is 386 g/mol. The van der Waals surface area contributed by atoms with Crippen LogP contribution in [0.3, 0.4) is 0 Å². The molecule has 1 aliphatic heterocycles. The van der Waals surface area contributed by atoms with Gasteiger partial charge in [-0.05, 0) is 56.7 Å². The number of hydrogen-bond donors (Lipinski definition) is 3. The smallest absolute Gasteiger partial charge is 0.191 e. The summed E-state index contributed by atoms with van der Waals surface area (Å²) in [5, 5.41) is 17.0. The van der Waals surface area contributed by atoms with Crippen LogP contribution < -0.4 is 10.6 Å². The van der Waals surface area contributed by atoms with Crippen molar-refractivity contribution in [2.45, 2.75) is 65.3 Å². The second-order valence-corrected chi connectivity index (χ2v) is 8.35. The van der Waals surface area contributed by atoms with Crippen LogP contribution in [-0.2, 0) is 25.8 Å². The number of aromatic amines is 1. The number of aromatic nitrogens is 4. The van der Waals surface area contributed by atoms with Crippen molar-refractivity contribution in [3.63, 3.8) is 0 Å². The zero-order chi connectivity index (χ0) is 21.5. The number of fused-ring (bicyclic) bond motifs is 2. The minimum atomic E-state index is 0.781. The third-order valence-corrected chi connectivity index (χ3v) is 6.04. The first-order valence-electron chi connectivity index (χ1n) is 11.7. The number of nitrogens with one attached hydrogen (secondary N) is 3. The number of benzene rings is 1. The van der Waals surface area contributed by atoms with E-state index in [9.17, 15) is 0 Å². The molecule has 0 unspecified atom stereocenters. The monoisotopic (exact) mass is 421 g/mol. The highest BCUT2D eigenvalue weighted by Crippen LogP contribution is 2.22. The van der Waals surface area contributed by atoms with Gasteiger partial charge in [0.2, 0.25) is 0 Å². The van der Waals surface area contributed by atoms with Gasteiger partial charge in [-0.3, -0.25) is 4.99 Å². The molecule has 1 aliphatic rings. The van der Waals surface area contributed by atoms with E-state index in [-0.39, 0.29) is 0 Å². The lowest BCUT2D eigenvalue weighted by atomic mass is 10.1. The summed E-state index contributed by atoms with van der Waals surface area (Å²) in [7, 11) is 0. The molecule has 0 radical (unpaired) electrons. The summed E-state index contributed by atoms with van der Waals surface area (Å²) >= 11 is 0. The molecule has 0 aliphatic carbocycles. The summed E-state index contributed by atoms with van der Waals surface area (Å²) in [5.74, 6) is 3.18. The predicted octanol–water partition coefficient (Wildman–Crippen LogP) is 3.52. The molecule has 3 aromatic rings. The van der Waals surface area contributed by atoms with Crippen LogP contribution in [0.25, 0.3) is 10.9 Å². The van der Waals surface area contributed by atoms with Crippen LogP contribution in [0.4, 0.5) is 0 Å². The fraction of sp³-hybridized carbons (Fsp3) is 0.542. The Morgan fingerprint density at radius 3 is 3.00 bits per heavy atom. The topological polar surface area (TPSA) is 82.9 Å². The molecule has 0 fully saturated rings. The molecule has 7 nitrogen and oxygen atoms in total. The van der Waals surface area contributed by atoms with Crippen molar-refractivity contribution in [3.05, 3.63) is 47.2 Å². The second-order valence-electron chi connectivity index (χ2n) is 8.35. The van der Waals surface area contributed by atoms with E-state index in [1.807, 2.05) is 0 Å². The maximum Gasteiger partial charge on any atom is 0.191 e. The third kappa shape index (κ3) is 5.27. The minimum Gasteiger partial charge on any atom is -0.361 e. The van der Waals surface area contributed by atoms with E-state index in [1.54, 1.807) is 0 Å². The van der Waals surface area contributed by atoms with Crippen LogP contribution >= 0.6 is 0 Å². The number of guanidine groups is 1. The SMILES string of the molecule is CCNC(=NCCCc1nnc2n1CCCCC2)NCCc1c[nH]c2cccc(C)c12. The molecule has 4 rings (SSSR count). The van der Waals surface area contributed by atoms with Gasteiger partial charge in [0.1, 0.15) is 11.6 Å². The summed E-state index contributed by atoms with van der Waals surface area (Å²) < 4.78 is 2.34. The Labute approximate surface area is 184 Å². The Morgan fingerprint density at radius 2 is 2.10 bits per heavy atom. The average molecular weight is 422 g/mol. The predicted molar refractivity (Wildman–Crippen MR) is 127 cm³/mol. The largest absolute Gasteiger partial charge is 0.361 e. The minimum absolute atomic E-state index is 0.781. The number of aliphatic imine (C=N–C) groups is 1. The normalized spacial score (nSPS) is 14.5. The molecule has 0 atom stereocenters. The van der Waals surface area contributed by atoms with E-state index in [2.05, 4.69) is 68.6 Å². The molecule has 7 heteroatoms. The van der Waals surface area contributed by atoms with Crippen LogP contribution in [0.5, 0.6) is 0 Å². The van der Waals surface area contributed by atoms with Gasteiger partial charge in [-0.1, -0.05) is 18.6 Å². The molecule has 0 bridgehead atoms. The van der Waals surface area contributed by atoms with E-state index >= 15 is 0 Å². The van der Waals surface area contributed by atoms with Gasteiger partial charge in [-0.2, -0.15) is 0 Å². The Balaban J connectivity index is 1.28. The zero-order valence-corrected chi connectivity index (χ0v) is 18.9. The van der Waals surface area contributed by atoms with Gasteiger partial charge >= 0.3 is 0 Å². The second kappa shape index (κ2) is 10.5. The van der Waals surface area contributed by atoms with Crippen LogP contribution in [0.1, 0.15) is 55.4 Å². The summed E-state index contributed by atoms with van der Waals surface area (Å²) in [5.41, 5.74) is 3.88. The molecule has 1 aromatic carbocycles. The van der Waals surface area contributed by atoms with Crippen molar-refractivity contribution in [1.82, 2.24) is 30.4 Å². The fourth-order valence-corrected chi connectivity index (χ4v) is 4.46. The summed E-state index contributed by atoms with van der Waals surface area (Å²) in [4.78, 5) is 8.16. The van der Waals surface area contributed by atoms with E-state index < -0.39 is 0 Å². The lowest BCUT2D eigenvalue weighted by Gasteiger charge is -2.11. The van der Waals surface area contributed by atoms with Crippen LogP contribution in [0, 0.1) is 6.92 Å². The summed E-state index contributed by atoms with van der Waals surface area (Å²) in [6.45, 7) is 7.83. The van der Waals surface area contributed by atoms with Crippen molar-refractivity contribution < 1.29 is 0 Å². The van der Waals surface area contributed by atoms with Crippen LogP contribution in [0.2, 0.25) is 0 Å². The molecule has 3 heterocycles. The highest BCUT2D eigenvalue weighted by atomic mass is 15.3. The summed E-state index contributed by atoms with van der Waals surface area (Å²) in [6.07, 6.45) is 9.84. The molecule has 0 saturated heterocycles. The van der Waals surface area contributed by atoms with Gasteiger partial charge in [0, 0.05) is 56.1 Å². The molecule has 31 heavy (non-hydrogen) atoms. The van der Waals surface area contributed by atoms with Crippen molar-refractivity contribution in [2.24, 2.45) is 4.99 Å². The van der Waals surface area contributed by atoms with E-state index in [4.69, 9.17) is 4.99 Å². The van der Waals surface area contributed by atoms with Gasteiger partial charge in [-0.25, -0.2) is 0 Å². The molecule has 2 aromatic heterocycles. The van der Waals surface area contributed by atoms with E-state index in [1.165, 1.54) is 47.1 Å². The molecule has 0 amide bonds. The Bertz CT molecular complexity index is 1010. The van der Waals surface area contributed by atoms with Crippen molar-refractivity contribution >= 4 is 16.9 Å². The molecule has 166 valence electrons. The molecule has 0 spiro atoms. The quantitative estimate of drug-likeness (QED) is 0.295. The molecule has 3 N–H and O–H groups in total. The lowest BCUT2D eigenvalue weighted by Crippen LogP contribution is -2.38. The van der Waals surface area contributed by atoms with Crippen molar-refractivity contribution in [2.75, 3.05) is 19.6 Å². The van der Waals surface area contributed by atoms with Crippen molar-refractivity contribution in [3.8, 4) is 0 Å². The Hall–Kier alpha value is -2.83. The first-order valence-corrected chi connectivity index (χ1v) is 11.7. The maximum absolute atomic E-state index is 4.77. The fourth-order valence-electron chi connectivity index (χ4n) is 4.46. The maximum atomic E-state index is 4.77. The number of rotatable bonds is 8. The van der Waals surface area contributed by atoms with Crippen molar-refractivity contribution in [1.29, 1.82) is 0 Å². The van der Waals surface area contributed by atoms with Gasteiger partial charge in [-0.15, -0.1) is 10.2 Å². The number of nitrogens with zero attached hydrogens (tertiary/aromatic N) is 4. The standard InChI is InChI=1S/C24H35N7/c1-3-25-24(27-15-13-19-17-28-20-10-7-9-18(2)23(19)20)26-14-8-12-22-30-29-21-11-5-4-6-16-31(21)22/h7,9-10,17,28H,3-6,8,11-16H2,1-2H3,(H2,25,26,27). The van der Waals surface area contributed by atoms with Crippen LogP contribution in [-0.4, -0.2) is 45.3 Å². The van der Waals surface area contributed by atoms with Crippen LogP contribution in [0.15, 0.2) is 29.4 Å². The van der Waals surface area contributed by atoms with Gasteiger partial charge in [0.15, 0.2) is 5.96 Å². The highest BCUT2D eigenvalue weighted by molar-refractivity contribution is 5.86.